The maximum Gasteiger partial charge on any atom is 0.295 e. The number of ether oxygens (including phenoxy) is 3. The number of aryl methyl sites for hydroxylation is 1. The Hall–Kier alpha value is -3.36. The van der Waals surface area contributed by atoms with Crippen LogP contribution in [-0.4, -0.2) is 79.2 Å². The number of carbonyl (C=O) groups excluding carboxylic acids is 2. The van der Waals surface area contributed by atoms with Crippen LogP contribution in [0.4, 0.5) is 0 Å². The summed E-state index contributed by atoms with van der Waals surface area (Å²) in [5.74, 6) is 0.00762. The number of nitrogens with zero attached hydrogens (tertiary/aromatic N) is 2. The van der Waals surface area contributed by atoms with Crippen LogP contribution < -0.4 is 9.47 Å². The molecule has 2 aliphatic rings. The van der Waals surface area contributed by atoms with Crippen LogP contribution >= 0.6 is 0 Å². The first-order chi connectivity index (χ1) is 18.9. The Morgan fingerprint density at radius 1 is 0.949 bits per heavy atom. The minimum Gasteiger partial charge on any atom is -0.507 e. The van der Waals surface area contributed by atoms with Gasteiger partial charge >= 0.3 is 0 Å². The predicted octanol–water partition coefficient (Wildman–Crippen LogP) is 4.72. The van der Waals surface area contributed by atoms with Crippen molar-refractivity contribution < 1.29 is 28.9 Å². The van der Waals surface area contributed by atoms with E-state index in [9.17, 15) is 14.7 Å². The molecule has 1 amide bonds. The van der Waals surface area contributed by atoms with Crippen LogP contribution in [0.1, 0.15) is 55.8 Å². The van der Waals surface area contributed by atoms with Crippen LogP contribution in [0.5, 0.6) is 11.5 Å². The van der Waals surface area contributed by atoms with Gasteiger partial charge in [-0.2, -0.15) is 0 Å². The first kappa shape index (κ1) is 28.6. The van der Waals surface area contributed by atoms with Crippen molar-refractivity contribution in [3.8, 4) is 11.5 Å². The summed E-state index contributed by atoms with van der Waals surface area (Å²) in [6.07, 6.45) is 2.49. The Morgan fingerprint density at radius 2 is 1.59 bits per heavy atom. The fourth-order valence-corrected chi connectivity index (χ4v) is 5.07. The van der Waals surface area contributed by atoms with Gasteiger partial charge in [0.1, 0.15) is 17.3 Å². The molecule has 0 radical (unpaired) electrons. The second-order valence-electron chi connectivity index (χ2n) is 10.0. The average Bonchev–Trinajstić information content (AvgIpc) is 3.20. The molecular weight excluding hydrogens is 496 g/mol. The van der Waals surface area contributed by atoms with Crippen molar-refractivity contribution in [2.24, 2.45) is 0 Å². The number of aliphatic hydroxyl groups is 1. The highest BCUT2D eigenvalue weighted by Gasteiger charge is 2.46. The molecule has 0 spiro atoms. The molecule has 8 nitrogen and oxygen atoms in total. The lowest BCUT2D eigenvalue weighted by atomic mass is 9.93. The molecule has 2 fully saturated rings. The SMILES string of the molecule is CCCOc1ccc(C2C(=C(O)c3ccc(OCCC)cc3C)C(=O)C(=O)N2CCCN2CCOCC2)cc1. The Morgan fingerprint density at radius 3 is 2.23 bits per heavy atom. The smallest absolute Gasteiger partial charge is 0.295 e. The maximum atomic E-state index is 13.4. The highest BCUT2D eigenvalue weighted by Crippen LogP contribution is 2.40. The first-order valence-corrected chi connectivity index (χ1v) is 14.0. The number of carbonyl (C=O) groups is 2. The number of rotatable bonds is 12. The molecule has 1 atom stereocenters. The molecule has 210 valence electrons. The minimum atomic E-state index is -0.690. The fourth-order valence-electron chi connectivity index (χ4n) is 5.07. The van der Waals surface area contributed by atoms with Crippen molar-refractivity contribution in [3.05, 3.63) is 64.7 Å². The molecule has 0 aliphatic carbocycles. The van der Waals surface area contributed by atoms with Gasteiger partial charge in [-0.25, -0.2) is 0 Å². The quantitative estimate of drug-likeness (QED) is 0.239. The van der Waals surface area contributed by atoms with Crippen LogP contribution in [-0.2, 0) is 14.3 Å². The molecule has 2 aliphatic heterocycles. The molecule has 1 unspecified atom stereocenters. The Labute approximate surface area is 231 Å². The van der Waals surface area contributed by atoms with Crippen LogP contribution in [0.3, 0.4) is 0 Å². The summed E-state index contributed by atoms with van der Waals surface area (Å²) in [4.78, 5) is 30.7. The third-order valence-corrected chi connectivity index (χ3v) is 7.11. The number of Topliss-reactive ketones (excluding diaryl/α,β-unsaturated/α-hetero) is 1. The molecule has 0 aromatic heterocycles. The zero-order chi connectivity index (χ0) is 27.8. The highest BCUT2D eigenvalue weighted by molar-refractivity contribution is 6.46. The number of ketones is 1. The fraction of sp³-hybridized carbons (Fsp3) is 0.484. The highest BCUT2D eigenvalue weighted by atomic mass is 16.5. The van der Waals surface area contributed by atoms with Gasteiger partial charge in [0.05, 0.1) is 38.0 Å². The lowest BCUT2D eigenvalue weighted by molar-refractivity contribution is -0.140. The van der Waals surface area contributed by atoms with E-state index in [2.05, 4.69) is 4.90 Å². The lowest BCUT2D eigenvalue weighted by Crippen LogP contribution is -2.38. The molecule has 2 aromatic carbocycles. The van der Waals surface area contributed by atoms with Gasteiger partial charge in [0.25, 0.3) is 11.7 Å². The second-order valence-corrected chi connectivity index (χ2v) is 10.0. The maximum absolute atomic E-state index is 13.4. The van der Waals surface area contributed by atoms with E-state index in [1.54, 1.807) is 17.0 Å². The van der Waals surface area contributed by atoms with Crippen LogP contribution in [0.15, 0.2) is 48.0 Å². The predicted molar refractivity (Wildman–Crippen MR) is 150 cm³/mol. The molecule has 2 aromatic rings. The third-order valence-electron chi connectivity index (χ3n) is 7.11. The molecule has 0 bridgehead atoms. The van der Waals surface area contributed by atoms with E-state index in [1.165, 1.54) is 0 Å². The normalized spacial score (nSPS) is 19.5. The summed E-state index contributed by atoms with van der Waals surface area (Å²) in [7, 11) is 0. The topological polar surface area (TPSA) is 88.5 Å². The number of hydrogen-bond acceptors (Lipinski definition) is 7. The zero-order valence-electron chi connectivity index (χ0n) is 23.3. The Bertz CT molecular complexity index is 1170. The van der Waals surface area contributed by atoms with Gasteiger partial charge in [-0.05, 0) is 67.6 Å². The molecule has 1 N–H and O–H groups in total. The van der Waals surface area contributed by atoms with E-state index in [4.69, 9.17) is 14.2 Å². The summed E-state index contributed by atoms with van der Waals surface area (Å²) in [6, 6.07) is 12.1. The van der Waals surface area contributed by atoms with E-state index < -0.39 is 17.7 Å². The zero-order valence-corrected chi connectivity index (χ0v) is 23.3. The van der Waals surface area contributed by atoms with Crippen LogP contribution in [0, 0.1) is 6.92 Å². The second kappa shape index (κ2) is 13.6. The van der Waals surface area contributed by atoms with Gasteiger partial charge in [-0.3, -0.25) is 14.5 Å². The summed E-state index contributed by atoms with van der Waals surface area (Å²) in [5, 5.41) is 11.5. The summed E-state index contributed by atoms with van der Waals surface area (Å²) in [5.41, 5.74) is 2.14. The van der Waals surface area contributed by atoms with Crippen molar-refractivity contribution in [1.82, 2.24) is 9.80 Å². The van der Waals surface area contributed by atoms with E-state index in [1.807, 2.05) is 51.1 Å². The molecule has 2 saturated heterocycles. The molecule has 0 saturated carbocycles. The standard InChI is InChI=1S/C31H40N2O6/c1-4-17-38-24-9-7-23(8-10-24)28-27(29(34)26-12-11-25(21-22(26)3)39-18-5-2)30(35)31(36)33(28)14-6-13-32-15-19-37-20-16-32/h7-12,21,28,34H,4-6,13-20H2,1-3H3. The molecule has 4 rings (SSSR count). The monoisotopic (exact) mass is 536 g/mol. The van der Waals surface area contributed by atoms with Crippen molar-refractivity contribution in [3.63, 3.8) is 0 Å². The van der Waals surface area contributed by atoms with E-state index in [0.717, 1.165) is 49.4 Å². The van der Waals surface area contributed by atoms with Gasteiger partial charge < -0.3 is 24.2 Å². The van der Waals surface area contributed by atoms with Gasteiger partial charge in [0, 0.05) is 31.7 Å². The number of aliphatic hydroxyl groups excluding tert-OH is 1. The van der Waals surface area contributed by atoms with Gasteiger partial charge in [0.2, 0.25) is 0 Å². The summed E-state index contributed by atoms with van der Waals surface area (Å²) in [6.45, 7) is 11.5. The lowest BCUT2D eigenvalue weighted by Gasteiger charge is -2.29. The number of amides is 1. The Balaban J connectivity index is 1.66. The van der Waals surface area contributed by atoms with E-state index in [-0.39, 0.29) is 11.3 Å². The van der Waals surface area contributed by atoms with Crippen LogP contribution in [0.25, 0.3) is 5.76 Å². The average molecular weight is 537 g/mol. The van der Waals surface area contributed by atoms with Crippen LogP contribution in [0.2, 0.25) is 0 Å². The molecule has 39 heavy (non-hydrogen) atoms. The van der Waals surface area contributed by atoms with Crippen molar-refractivity contribution in [2.75, 3.05) is 52.6 Å². The number of benzene rings is 2. The summed E-state index contributed by atoms with van der Waals surface area (Å²) >= 11 is 0. The minimum absolute atomic E-state index is 0.110. The van der Waals surface area contributed by atoms with E-state index in [0.29, 0.717) is 50.7 Å². The molecular formula is C31H40N2O6. The van der Waals surface area contributed by atoms with Gasteiger partial charge in [-0.15, -0.1) is 0 Å². The molecule has 8 heteroatoms. The number of likely N-dealkylation sites (tertiary alicyclic amines) is 1. The largest absolute Gasteiger partial charge is 0.507 e. The van der Waals surface area contributed by atoms with E-state index >= 15 is 0 Å². The van der Waals surface area contributed by atoms with Crippen molar-refractivity contribution in [1.29, 1.82) is 0 Å². The molecule has 2 heterocycles. The number of hydrogen-bond donors (Lipinski definition) is 1. The van der Waals surface area contributed by atoms with Gasteiger partial charge in [0.15, 0.2) is 0 Å². The van der Waals surface area contributed by atoms with Gasteiger partial charge in [-0.1, -0.05) is 26.0 Å². The number of morpholine rings is 1. The first-order valence-electron chi connectivity index (χ1n) is 14.0. The van der Waals surface area contributed by atoms with Crippen molar-refractivity contribution in [2.45, 2.75) is 46.1 Å². The van der Waals surface area contributed by atoms with Crippen molar-refractivity contribution >= 4 is 17.4 Å². The Kier molecular flexibility index (Phi) is 10.0. The third kappa shape index (κ3) is 6.81. The summed E-state index contributed by atoms with van der Waals surface area (Å²) < 4.78 is 16.9.